The first-order chi connectivity index (χ1) is 13.0. The van der Waals surface area contributed by atoms with Crippen molar-refractivity contribution in [3.8, 4) is 11.5 Å². The van der Waals surface area contributed by atoms with Crippen LogP contribution in [0.15, 0.2) is 18.3 Å². The van der Waals surface area contributed by atoms with Crippen molar-refractivity contribution in [1.82, 2.24) is 19.3 Å². The average molecular weight is 451 g/mol. The molecule has 154 valence electrons. The molecule has 1 fully saturated rings. The number of aromatic nitrogens is 3. The lowest BCUT2D eigenvalue weighted by Gasteiger charge is -2.35. The molecule has 2 atom stereocenters. The summed E-state index contributed by atoms with van der Waals surface area (Å²) in [6.07, 6.45) is 2.44. The Kier molecular flexibility index (Phi) is 5.81. The van der Waals surface area contributed by atoms with Gasteiger partial charge in [-0.1, -0.05) is 18.5 Å². The molecule has 2 aromatic rings. The van der Waals surface area contributed by atoms with E-state index in [4.69, 9.17) is 11.6 Å². The Bertz CT molecular complexity index is 1070. The predicted molar refractivity (Wildman–Crippen MR) is 104 cm³/mol. The van der Waals surface area contributed by atoms with Gasteiger partial charge >= 0.3 is 0 Å². The monoisotopic (exact) mass is 450 g/mol. The summed E-state index contributed by atoms with van der Waals surface area (Å²) in [5, 5.41) is -0.645. The fraction of sp³-hybridized carbons (Fsp3) is 0.500. The highest BCUT2D eigenvalue weighted by atomic mass is 35.5. The van der Waals surface area contributed by atoms with Gasteiger partial charge in [-0.15, -0.1) is 0 Å². The third-order valence-electron chi connectivity index (χ3n) is 4.65. The molecule has 8 nitrogen and oxygen atoms in total. The first-order valence-electron chi connectivity index (χ1n) is 8.49. The molecular weight excluding hydrogens is 431 g/mol. The molecule has 3 rings (SSSR count). The van der Waals surface area contributed by atoms with Gasteiger partial charge in [0.05, 0.1) is 11.9 Å². The van der Waals surface area contributed by atoms with E-state index in [2.05, 4.69) is 15.0 Å². The molecule has 0 aliphatic carbocycles. The molecule has 0 bridgehead atoms. The minimum Gasteiger partial charge on any atom is -0.339 e. The van der Waals surface area contributed by atoms with Gasteiger partial charge in [-0.25, -0.2) is 35.5 Å². The maximum Gasteiger partial charge on any atom is 0.228 e. The van der Waals surface area contributed by atoms with Crippen LogP contribution in [0, 0.1) is 11.7 Å². The van der Waals surface area contributed by atoms with Crippen molar-refractivity contribution in [2.75, 3.05) is 24.4 Å². The lowest BCUT2D eigenvalue weighted by molar-refractivity contribution is 0.247. The number of nitrogens with one attached hydrogen (secondary N) is 1. The van der Waals surface area contributed by atoms with Crippen molar-refractivity contribution in [2.45, 2.75) is 19.3 Å². The minimum atomic E-state index is -3.89. The van der Waals surface area contributed by atoms with Gasteiger partial charge in [0.2, 0.25) is 10.0 Å². The zero-order chi connectivity index (χ0) is 20.7. The number of imidazole rings is 1. The van der Waals surface area contributed by atoms with Crippen molar-refractivity contribution in [3.63, 3.8) is 0 Å². The zero-order valence-electron chi connectivity index (χ0n) is 15.3. The summed E-state index contributed by atoms with van der Waals surface area (Å²) in [5.74, 6) is -0.258. The number of sulfone groups is 1. The minimum absolute atomic E-state index is 0.0844. The van der Waals surface area contributed by atoms with Crippen molar-refractivity contribution in [2.24, 2.45) is 5.92 Å². The van der Waals surface area contributed by atoms with Gasteiger partial charge in [0.1, 0.15) is 11.5 Å². The summed E-state index contributed by atoms with van der Waals surface area (Å²) in [5.41, 5.74) is 1.10. The van der Waals surface area contributed by atoms with Crippen LogP contribution in [-0.4, -0.2) is 60.5 Å². The average Bonchev–Trinajstić information content (AvgIpc) is 2.95. The van der Waals surface area contributed by atoms with Gasteiger partial charge < -0.3 is 4.98 Å². The van der Waals surface area contributed by atoms with Crippen LogP contribution in [0.4, 0.5) is 4.39 Å². The van der Waals surface area contributed by atoms with E-state index < -0.39 is 30.8 Å². The summed E-state index contributed by atoms with van der Waals surface area (Å²) >= 11 is 6.28. The molecule has 12 heteroatoms. The smallest absolute Gasteiger partial charge is 0.228 e. The third-order valence-corrected chi connectivity index (χ3v) is 8.96. The van der Waals surface area contributed by atoms with Crippen LogP contribution in [0.5, 0.6) is 0 Å². The number of halogens is 2. The van der Waals surface area contributed by atoms with Crippen molar-refractivity contribution < 1.29 is 21.2 Å². The van der Waals surface area contributed by atoms with E-state index in [9.17, 15) is 21.2 Å². The Morgan fingerprint density at radius 3 is 2.61 bits per heavy atom. The van der Waals surface area contributed by atoms with Crippen LogP contribution in [0.1, 0.15) is 25.0 Å². The Morgan fingerprint density at radius 1 is 1.32 bits per heavy atom. The van der Waals surface area contributed by atoms with E-state index in [0.717, 1.165) is 12.5 Å². The maximum absolute atomic E-state index is 13.1. The molecule has 1 N–H and O–H groups in total. The highest BCUT2D eigenvalue weighted by molar-refractivity contribution is 8.06. The molecular formula is C16H20ClFN4O4S2. The van der Waals surface area contributed by atoms with Crippen molar-refractivity contribution >= 4 is 31.5 Å². The van der Waals surface area contributed by atoms with E-state index in [1.165, 1.54) is 16.4 Å². The Morgan fingerprint density at radius 2 is 2.04 bits per heavy atom. The highest BCUT2D eigenvalue weighted by Crippen LogP contribution is 2.37. The van der Waals surface area contributed by atoms with Gasteiger partial charge in [-0.2, -0.15) is 0 Å². The van der Waals surface area contributed by atoms with Gasteiger partial charge in [-0.3, -0.25) is 0 Å². The standard InChI is InChI=1S/C16H20ClFN4O4S2/c1-10-8-22(28(25,26)9-27(2,23)24)6-5-12(10)14-15(17)21-16(20-14)13-4-3-11(18)7-19-13/h3-4,7,10,12H,5-6,8-9H2,1-2H3,(H,20,21)/t10-,12+/m0/s1. The van der Waals surface area contributed by atoms with E-state index in [0.29, 0.717) is 23.6 Å². The number of piperidine rings is 1. The van der Waals surface area contributed by atoms with Crippen LogP contribution >= 0.6 is 11.6 Å². The zero-order valence-corrected chi connectivity index (χ0v) is 17.7. The number of hydrogen-bond donors (Lipinski definition) is 1. The van der Waals surface area contributed by atoms with E-state index >= 15 is 0 Å². The predicted octanol–water partition coefficient (Wildman–Crippen LogP) is 2.02. The molecule has 0 spiro atoms. The molecule has 1 aliphatic rings. The largest absolute Gasteiger partial charge is 0.339 e. The van der Waals surface area contributed by atoms with Gasteiger partial charge in [0.25, 0.3) is 0 Å². The Hall–Kier alpha value is -1.56. The van der Waals surface area contributed by atoms with Crippen molar-refractivity contribution in [3.05, 3.63) is 35.0 Å². The fourth-order valence-corrected chi connectivity index (χ4v) is 7.26. The topological polar surface area (TPSA) is 113 Å². The molecule has 28 heavy (non-hydrogen) atoms. The summed E-state index contributed by atoms with van der Waals surface area (Å²) in [4.78, 5) is 11.3. The second kappa shape index (κ2) is 7.69. The van der Waals surface area contributed by atoms with Gasteiger partial charge in [-0.05, 0) is 24.5 Å². The van der Waals surface area contributed by atoms with Crippen LogP contribution in [-0.2, 0) is 19.9 Å². The van der Waals surface area contributed by atoms with Crippen molar-refractivity contribution in [1.29, 1.82) is 0 Å². The van der Waals surface area contributed by atoms with Crippen LogP contribution < -0.4 is 0 Å². The fourth-order valence-electron chi connectivity index (χ4n) is 3.38. The van der Waals surface area contributed by atoms with Crippen LogP contribution in [0.25, 0.3) is 11.5 Å². The molecule has 0 radical (unpaired) electrons. The second-order valence-electron chi connectivity index (χ2n) is 7.04. The van der Waals surface area contributed by atoms with E-state index in [-0.39, 0.29) is 30.1 Å². The number of H-pyrrole nitrogens is 1. The third kappa shape index (κ3) is 4.70. The number of pyridine rings is 1. The summed E-state index contributed by atoms with van der Waals surface area (Å²) in [6, 6.07) is 2.75. The maximum atomic E-state index is 13.1. The Balaban J connectivity index is 1.79. The van der Waals surface area contributed by atoms with E-state index in [1.54, 1.807) is 0 Å². The van der Waals surface area contributed by atoms with E-state index in [1.807, 2.05) is 6.92 Å². The lowest BCUT2D eigenvalue weighted by Crippen LogP contribution is -2.44. The highest BCUT2D eigenvalue weighted by Gasteiger charge is 2.36. The number of rotatable bonds is 5. The van der Waals surface area contributed by atoms with Crippen LogP contribution in [0.2, 0.25) is 5.15 Å². The first kappa shape index (κ1) is 21.2. The quantitative estimate of drug-likeness (QED) is 0.745. The van der Waals surface area contributed by atoms with Crippen LogP contribution in [0.3, 0.4) is 0 Å². The van der Waals surface area contributed by atoms with Gasteiger partial charge in [0, 0.05) is 25.3 Å². The molecule has 1 aliphatic heterocycles. The number of sulfonamides is 1. The molecule has 0 amide bonds. The number of hydrogen-bond acceptors (Lipinski definition) is 6. The SMILES string of the molecule is C[C@H]1CN(S(=O)(=O)CS(C)(=O)=O)CC[C@H]1c1[nH]c(-c2ccc(F)cn2)nc1Cl. The lowest BCUT2D eigenvalue weighted by atomic mass is 9.86. The molecule has 0 aromatic carbocycles. The second-order valence-corrected chi connectivity index (χ2v) is 11.9. The molecule has 2 aromatic heterocycles. The number of nitrogens with zero attached hydrogens (tertiary/aromatic N) is 3. The molecule has 3 heterocycles. The number of aromatic amines is 1. The Labute approximate surface area is 168 Å². The van der Waals surface area contributed by atoms with Gasteiger partial charge in [0.15, 0.2) is 25.9 Å². The summed E-state index contributed by atoms with van der Waals surface area (Å²) < 4.78 is 61.7. The first-order valence-corrected chi connectivity index (χ1v) is 12.5. The molecule has 0 saturated carbocycles. The summed E-state index contributed by atoms with van der Waals surface area (Å²) in [7, 11) is -7.54. The molecule has 0 unspecified atom stereocenters. The molecule has 1 saturated heterocycles. The summed E-state index contributed by atoms with van der Waals surface area (Å²) in [6.45, 7) is 2.24. The normalized spacial score (nSPS) is 21.7.